The Hall–Kier alpha value is -4.09. The van der Waals surface area contributed by atoms with Crippen LogP contribution in [0.5, 0.6) is 11.5 Å². The third-order valence-electron chi connectivity index (χ3n) is 6.20. The van der Waals surface area contributed by atoms with Crippen LogP contribution < -0.4 is 35.9 Å². The molecule has 2 fully saturated rings. The Labute approximate surface area is 208 Å². The van der Waals surface area contributed by atoms with Crippen molar-refractivity contribution in [2.75, 3.05) is 30.6 Å². The number of rotatable bonds is 7. The molecule has 0 bridgehead atoms. The number of hydrazine groups is 1. The Kier molecular flexibility index (Phi) is 6.49. The first kappa shape index (κ1) is 23.6. The molecule has 2 aliphatic rings. The van der Waals surface area contributed by atoms with E-state index in [1.54, 1.807) is 36.1 Å². The number of carbonyl (C=O) groups is 2. The molecule has 3 heterocycles. The van der Waals surface area contributed by atoms with Gasteiger partial charge in [-0.15, -0.1) is 0 Å². The highest BCUT2D eigenvalue weighted by molar-refractivity contribution is 5.91. The first-order valence-electron chi connectivity index (χ1n) is 11.7. The van der Waals surface area contributed by atoms with Gasteiger partial charge in [0.25, 0.3) is 5.91 Å². The Bertz CT molecular complexity index is 1260. The largest absolute Gasteiger partial charge is 0.493 e. The smallest absolute Gasteiger partial charge is 0.263 e. The van der Waals surface area contributed by atoms with Crippen LogP contribution in [0.4, 0.5) is 11.5 Å². The number of nitrogens with one attached hydrogen (secondary N) is 4. The van der Waals surface area contributed by atoms with Gasteiger partial charge in [-0.2, -0.15) is 5.10 Å². The first-order valence-corrected chi connectivity index (χ1v) is 11.7. The number of amides is 2. The van der Waals surface area contributed by atoms with Crippen molar-refractivity contribution in [3.63, 3.8) is 0 Å². The maximum Gasteiger partial charge on any atom is 0.263 e. The van der Waals surface area contributed by atoms with Gasteiger partial charge in [0.1, 0.15) is 12.0 Å². The van der Waals surface area contributed by atoms with E-state index in [2.05, 4.69) is 26.5 Å². The van der Waals surface area contributed by atoms with E-state index in [1.807, 2.05) is 49.2 Å². The van der Waals surface area contributed by atoms with Gasteiger partial charge in [-0.1, -0.05) is 29.8 Å². The van der Waals surface area contributed by atoms with Crippen LogP contribution in [0.15, 0.2) is 54.6 Å². The Morgan fingerprint density at radius 1 is 1.14 bits per heavy atom. The molecule has 3 unspecified atom stereocenters. The van der Waals surface area contributed by atoms with E-state index < -0.39 is 6.29 Å². The number of fused-ring (bicyclic) bond motifs is 1. The van der Waals surface area contributed by atoms with Crippen molar-refractivity contribution in [3.8, 4) is 11.5 Å². The van der Waals surface area contributed by atoms with Gasteiger partial charge in [-0.25, -0.2) is 10.1 Å². The molecule has 4 N–H and O–H groups in total. The molecule has 0 radical (unpaired) electrons. The number of nitrogens with zero attached hydrogens (tertiary/aromatic N) is 3. The predicted octanol–water partition coefficient (Wildman–Crippen LogP) is 1.67. The van der Waals surface area contributed by atoms with Crippen LogP contribution in [0.25, 0.3) is 0 Å². The molecule has 5 rings (SSSR count). The molecular formula is C25H29N7O4. The molecule has 2 saturated heterocycles. The lowest BCUT2D eigenvalue weighted by molar-refractivity contribution is -0.129. The normalized spacial score (nSPS) is 21.0. The maximum atomic E-state index is 13.0. The first-order chi connectivity index (χ1) is 17.4. The highest BCUT2D eigenvalue weighted by Crippen LogP contribution is 2.28. The fourth-order valence-electron chi connectivity index (χ4n) is 4.41. The molecule has 0 saturated carbocycles. The highest BCUT2D eigenvalue weighted by atomic mass is 16.5. The summed E-state index contributed by atoms with van der Waals surface area (Å²) in [4.78, 5) is 25.7. The fraction of sp³-hybridized carbons (Fsp3) is 0.320. The number of hydrogen-bond acceptors (Lipinski definition) is 8. The van der Waals surface area contributed by atoms with Crippen LogP contribution in [0, 0.1) is 19.8 Å². The number of benzene rings is 2. The van der Waals surface area contributed by atoms with Crippen LogP contribution in [0.1, 0.15) is 17.5 Å². The zero-order chi connectivity index (χ0) is 25.2. The maximum absolute atomic E-state index is 13.0. The van der Waals surface area contributed by atoms with Crippen molar-refractivity contribution in [2.45, 2.75) is 26.3 Å². The van der Waals surface area contributed by atoms with Crippen molar-refractivity contribution in [3.05, 3.63) is 65.9 Å². The van der Waals surface area contributed by atoms with E-state index in [0.717, 1.165) is 11.3 Å². The van der Waals surface area contributed by atoms with E-state index in [-0.39, 0.29) is 30.5 Å². The number of aromatic nitrogens is 2. The molecule has 1 aromatic heterocycles. The molecule has 0 aliphatic carbocycles. The number of aryl methyl sites for hydroxylation is 2. The summed E-state index contributed by atoms with van der Waals surface area (Å²) in [6.45, 7) is 4.14. The molecule has 3 aromatic rings. The van der Waals surface area contributed by atoms with Gasteiger partial charge in [0, 0.05) is 12.6 Å². The average molecular weight is 492 g/mol. The second-order valence-corrected chi connectivity index (χ2v) is 8.80. The van der Waals surface area contributed by atoms with Crippen LogP contribution in [-0.2, 0) is 9.59 Å². The number of anilines is 2. The van der Waals surface area contributed by atoms with Crippen LogP contribution in [0.3, 0.4) is 0 Å². The minimum absolute atomic E-state index is 0.101. The fourth-order valence-corrected chi connectivity index (χ4v) is 4.41. The lowest BCUT2D eigenvalue weighted by Crippen LogP contribution is -2.61. The lowest BCUT2D eigenvalue weighted by Gasteiger charge is -2.37. The summed E-state index contributed by atoms with van der Waals surface area (Å²) < 4.78 is 12.5. The molecule has 3 atom stereocenters. The van der Waals surface area contributed by atoms with Crippen molar-refractivity contribution in [1.29, 1.82) is 0 Å². The minimum Gasteiger partial charge on any atom is -0.493 e. The Morgan fingerprint density at radius 2 is 1.89 bits per heavy atom. The van der Waals surface area contributed by atoms with Gasteiger partial charge in [0.05, 0.1) is 24.4 Å². The molecular weight excluding hydrogens is 462 g/mol. The van der Waals surface area contributed by atoms with E-state index in [9.17, 15) is 9.59 Å². The van der Waals surface area contributed by atoms with Crippen molar-refractivity contribution < 1.29 is 19.1 Å². The second-order valence-electron chi connectivity index (χ2n) is 8.80. The summed E-state index contributed by atoms with van der Waals surface area (Å²) in [5.41, 5.74) is 6.11. The Balaban J connectivity index is 1.30. The zero-order valence-electron chi connectivity index (χ0n) is 20.3. The predicted molar refractivity (Wildman–Crippen MR) is 133 cm³/mol. The van der Waals surface area contributed by atoms with Gasteiger partial charge >= 0.3 is 0 Å². The number of methoxy groups -OCH3 is 1. The topological polar surface area (TPSA) is 122 Å². The molecule has 11 heteroatoms. The number of para-hydroxylation sites is 2. The van der Waals surface area contributed by atoms with Crippen molar-refractivity contribution in [1.82, 2.24) is 25.8 Å². The highest BCUT2D eigenvalue weighted by Gasteiger charge is 2.45. The third-order valence-corrected chi connectivity index (χ3v) is 6.20. The molecule has 2 amide bonds. The van der Waals surface area contributed by atoms with Crippen molar-refractivity contribution >= 4 is 23.3 Å². The van der Waals surface area contributed by atoms with E-state index in [0.29, 0.717) is 29.6 Å². The number of hydrogen-bond donors (Lipinski definition) is 4. The SMILES string of the molecule is COc1ccccc1OCC(=O)Nc1cc(C)nn1C1NC(=O)C2CNN(c3ccc(C)cc3)C2N1. The molecule has 2 aliphatic heterocycles. The molecule has 2 aromatic carbocycles. The van der Waals surface area contributed by atoms with Crippen molar-refractivity contribution in [2.24, 2.45) is 5.92 Å². The standard InChI is InChI=1S/C25H29N7O4/c1-15-8-10-17(11-9-15)31-23-18(13-26-31)24(34)29-25(28-23)32-21(12-16(2)30-32)27-22(33)14-36-20-7-5-4-6-19(20)35-3/h4-12,18,23,25-26,28H,13-14H2,1-3H3,(H,27,33)(H,29,34). The summed E-state index contributed by atoms with van der Waals surface area (Å²) in [5, 5.41) is 15.7. The summed E-state index contributed by atoms with van der Waals surface area (Å²) in [6, 6.07) is 16.9. The van der Waals surface area contributed by atoms with Gasteiger partial charge in [-0.3, -0.25) is 19.9 Å². The Morgan fingerprint density at radius 3 is 2.64 bits per heavy atom. The molecule has 11 nitrogen and oxygen atoms in total. The van der Waals surface area contributed by atoms with E-state index in [4.69, 9.17) is 9.47 Å². The monoisotopic (exact) mass is 491 g/mol. The molecule has 36 heavy (non-hydrogen) atoms. The third kappa shape index (κ3) is 4.70. The average Bonchev–Trinajstić information content (AvgIpc) is 3.47. The quantitative estimate of drug-likeness (QED) is 0.394. The number of carbonyl (C=O) groups excluding carboxylic acids is 2. The van der Waals surface area contributed by atoms with Gasteiger partial charge < -0.3 is 20.1 Å². The summed E-state index contributed by atoms with van der Waals surface area (Å²) >= 11 is 0. The molecule has 188 valence electrons. The van der Waals surface area contributed by atoms with Gasteiger partial charge in [0.15, 0.2) is 24.4 Å². The van der Waals surface area contributed by atoms with Gasteiger partial charge in [-0.05, 0) is 38.1 Å². The summed E-state index contributed by atoms with van der Waals surface area (Å²) in [7, 11) is 1.54. The molecule has 0 spiro atoms. The lowest BCUT2D eigenvalue weighted by atomic mass is 10.0. The van der Waals surface area contributed by atoms with Crippen LogP contribution in [-0.4, -0.2) is 48.0 Å². The summed E-state index contributed by atoms with van der Waals surface area (Å²) in [6.07, 6.45) is -0.959. The number of ether oxygens (including phenoxy) is 2. The van der Waals surface area contributed by atoms with E-state index in [1.165, 1.54) is 0 Å². The minimum atomic E-state index is -0.661. The van der Waals surface area contributed by atoms with Crippen LogP contribution in [0.2, 0.25) is 0 Å². The van der Waals surface area contributed by atoms with E-state index >= 15 is 0 Å². The van der Waals surface area contributed by atoms with Crippen LogP contribution >= 0.6 is 0 Å². The van der Waals surface area contributed by atoms with Gasteiger partial charge in [0.2, 0.25) is 5.91 Å². The second kappa shape index (κ2) is 9.88. The summed E-state index contributed by atoms with van der Waals surface area (Å²) in [5.74, 6) is 0.689. The zero-order valence-corrected chi connectivity index (χ0v) is 20.3.